The van der Waals surface area contributed by atoms with Gasteiger partial charge in [0.25, 0.3) is 5.91 Å². The molecule has 3 unspecified atom stereocenters. The molecule has 166 valence electrons. The third-order valence-corrected chi connectivity index (χ3v) is 6.70. The van der Waals surface area contributed by atoms with Crippen molar-refractivity contribution in [2.45, 2.75) is 38.1 Å². The maximum absolute atomic E-state index is 13.5. The number of aryl methyl sites for hydroxylation is 1. The molecule has 2 fully saturated rings. The summed E-state index contributed by atoms with van der Waals surface area (Å²) in [5.74, 6) is 0.275. The van der Waals surface area contributed by atoms with Crippen molar-refractivity contribution in [1.29, 1.82) is 0 Å². The van der Waals surface area contributed by atoms with E-state index in [2.05, 4.69) is 15.0 Å². The number of fused-ring (bicyclic) bond motifs is 2. The van der Waals surface area contributed by atoms with E-state index < -0.39 is 11.7 Å². The lowest BCUT2D eigenvalue weighted by atomic mass is 10.1. The zero-order valence-electron chi connectivity index (χ0n) is 17.0. The number of nitrogens with zero attached hydrogens (tertiary/aromatic N) is 4. The minimum Gasteiger partial charge on any atom is -0.472 e. The molecule has 3 atom stereocenters. The van der Waals surface area contributed by atoms with Crippen LogP contribution in [0.1, 0.15) is 34.5 Å². The Morgan fingerprint density at radius 3 is 2.69 bits per heavy atom. The van der Waals surface area contributed by atoms with Crippen LogP contribution in [-0.2, 0) is 6.18 Å². The SMILES string of the molecule is Cc1ccc(C(=O)N2CC3CC(Oc4ccc(C(F)(F)F)cn4)C2C3)c(-c2nccs2)n1. The van der Waals surface area contributed by atoms with E-state index in [0.717, 1.165) is 30.8 Å². The van der Waals surface area contributed by atoms with Gasteiger partial charge in [-0.1, -0.05) is 0 Å². The molecule has 5 rings (SSSR count). The molecule has 1 saturated heterocycles. The van der Waals surface area contributed by atoms with Gasteiger partial charge < -0.3 is 9.64 Å². The Morgan fingerprint density at radius 1 is 1.19 bits per heavy atom. The number of halogens is 3. The summed E-state index contributed by atoms with van der Waals surface area (Å²) in [6.45, 7) is 2.49. The molecule has 0 N–H and O–H groups in total. The summed E-state index contributed by atoms with van der Waals surface area (Å²) in [4.78, 5) is 28.0. The predicted molar refractivity (Wildman–Crippen MR) is 111 cm³/mol. The number of rotatable bonds is 4. The van der Waals surface area contributed by atoms with Crippen LogP contribution in [0.3, 0.4) is 0 Å². The minimum absolute atomic E-state index is 0.128. The summed E-state index contributed by atoms with van der Waals surface area (Å²) in [5.41, 5.74) is 1.03. The average molecular weight is 460 g/mol. The largest absolute Gasteiger partial charge is 0.472 e. The highest BCUT2D eigenvalue weighted by Crippen LogP contribution is 2.41. The normalized spacial score (nSPS) is 22.4. The molecular formula is C22H19F3N4O2S. The number of thiazole rings is 1. The van der Waals surface area contributed by atoms with Crippen LogP contribution in [0.5, 0.6) is 5.88 Å². The fraction of sp³-hybridized carbons (Fsp3) is 0.364. The van der Waals surface area contributed by atoms with Gasteiger partial charge in [0.15, 0.2) is 0 Å². The molecule has 2 bridgehead atoms. The van der Waals surface area contributed by atoms with Gasteiger partial charge in [-0.05, 0) is 43.9 Å². The number of aromatic nitrogens is 3. The topological polar surface area (TPSA) is 68.2 Å². The van der Waals surface area contributed by atoms with Gasteiger partial charge >= 0.3 is 6.18 Å². The van der Waals surface area contributed by atoms with Gasteiger partial charge in [-0.3, -0.25) is 4.79 Å². The van der Waals surface area contributed by atoms with E-state index in [4.69, 9.17) is 4.74 Å². The molecule has 1 aliphatic heterocycles. The number of carbonyl (C=O) groups excluding carboxylic acids is 1. The van der Waals surface area contributed by atoms with E-state index in [9.17, 15) is 18.0 Å². The fourth-order valence-electron chi connectivity index (χ4n) is 4.49. The lowest BCUT2D eigenvalue weighted by molar-refractivity contribution is -0.137. The Labute approximate surface area is 186 Å². The first-order chi connectivity index (χ1) is 15.3. The maximum atomic E-state index is 13.5. The Morgan fingerprint density at radius 2 is 2.03 bits per heavy atom. The van der Waals surface area contributed by atoms with Crippen LogP contribution in [-0.4, -0.2) is 44.4 Å². The van der Waals surface area contributed by atoms with Crippen molar-refractivity contribution in [2.24, 2.45) is 5.92 Å². The molecule has 1 aliphatic carbocycles. The van der Waals surface area contributed by atoms with Crippen molar-refractivity contribution in [3.63, 3.8) is 0 Å². The summed E-state index contributed by atoms with van der Waals surface area (Å²) < 4.78 is 44.2. The smallest absolute Gasteiger partial charge is 0.417 e. The Hall–Kier alpha value is -3.01. The second-order valence-corrected chi connectivity index (χ2v) is 8.98. The number of amides is 1. The number of alkyl halides is 3. The van der Waals surface area contributed by atoms with E-state index in [0.29, 0.717) is 22.8 Å². The van der Waals surface area contributed by atoms with E-state index in [1.54, 1.807) is 23.2 Å². The van der Waals surface area contributed by atoms with E-state index in [-0.39, 0.29) is 29.9 Å². The summed E-state index contributed by atoms with van der Waals surface area (Å²) in [7, 11) is 0. The Balaban J connectivity index is 1.36. The van der Waals surface area contributed by atoms with Gasteiger partial charge in [-0.25, -0.2) is 15.0 Å². The van der Waals surface area contributed by atoms with Crippen molar-refractivity contribution < 1.29 is 22.7 Å². The van der Waals surface area contributed by atoms with Gasteiger partial charge in [-0.2, -0.15) is 13.2 Å². The van der Waals surface area contributed by atoms with Crippen LogP contribution in [0.4, 0.5) is 13.2 Å². The number of likely N-dealkylation sites (tertiary alicyclic amines) is 1. The minimum atomic E-state index is -4.45. The van der Waals surface area contributed by atoms with Gasteiger partial charge in [0.2, 0.25) is 5.88 Å². The number of carbonyl (C=O) groups is 1. The zero-order valence-corrected chi connectivity index (χ0v) is 17.9. The van der Waals surface area contributed by atoms with E-state index in [1.165, 1.54) is 17.4 Å². The van der Waals surface area contributed by atoms with Gasteiger partial charge in [0.1, 0.15) is 16.8 Å². The second kappa shape index (κ2) is 7.84. The summed E-state index contributed by atoms with van der Waals surface area (Å²) in [5, 5.41) is 2.52. The fourth-order valence-corrected chi connectivity index (χ4v) is 5.13. The second-order valence-electron chi connectivity index (χ2n) is 8.09. The molecule has 1 saturated carbocycles. The number of hydrogen-bond acceptors (Lipinski definition) is 6. The lowest BCUT2D eigenvalue weighted by Crippen LogP contribution is -2.47. The summed E-state index contributed by atoms with van der Waals surface area (Å²) in [6, 6.07) is 5.60. The van der Waals surface area contributed by atoms with Gasteiger partial charge in [0.05, 0.1) is 17.2 Å². The third-order valence-electron chi connectivity index (χ3n) is 5.92. The molecule has 3 aromatic rings. The molecule has 32 heavy (non-hydrogen) atoms. The summed E-state index contributed by atoms with van der Waals surface area (Å²) in [6.07, 6.45) is -0.784. The molecule has 4 heterocycles. The molecule has 0 spiro atoms. The third kappa shape index (κ3) is 3.83. The van der Waals surface area contributed by atoms with Gasteiger partial charge in [0, 0.05) is 36.1 Å². The molecule has 0 radical (unpaired) electrons. The first kappa shape index (κ1) is 20.9. The standard InChI is InChI=1S/C22H19F3N4O2S/c1-12-2-4-15(19(28-12)20-26-6-7-32-20)21(30)29-11-13-8-16(29)17(9-13)31-18-5-3-14(10-27-18)22(23,24)25/h2-7,10,13,16-17H,8-9,11H2,1H3. The lowest BCUT2D eigenvalue weighted by Gasteiger charge is -2.33. The van der Waals surface area contributed by atoms with Crippen LogP contribution in [0.2, 0.25) is 0 Å². The van der Waals surface area contributed by atoms with Crippen molar-refractivity contribution >= 4 is 17.2 Å². The average Bonchev–Trinajstić information content (AvgIpc) is 3.50. The molecular weight excluding hydrogens is 441 g/mol. The number of ether oxygens (including phenoxy) is 1. The van der Waals surface area contributed by atoms with E-state index >= 15 is 0 Å². The molecule has 2 aliphatic rings. The first-order valence-corrected chi connectivity index (χ1v) is 11.1. The highest BCUT2D eigenvalue weighted by atomic mass is 32.1. The van der Waals surface area contributed by atoms with Crippen LogP contribution < -0.4 is 4.74 Å². The zero-order chi connectivity index (χ0) is 22.5. The summed E-state index contributed by atoms with van der Waals surface area (Å²) >= 11 is 1.42. The Kier molecular flexibility index (Phi) is 5.11. The van der Waals surface area contributed by atoms with Crippen molar-refractivity contribution in [3.8, 4) is 16.6 Å². The van der Waals surface area contributed by atoms with Crippen LogP contribution in [0, 0.1) is 12.8 Å². The van der Waals surface area contributed by atoms with Crippen molar-refractivity contribution in [2.75, 3.05) is 6.54 Å². The van der Waals surface area contributed by atoms with Crippen LogP contribution in [0.25, 0.3) is 10.7 Å². The number of pyridine rings is 2. The van der Waals surface area contributed by atoms with Crippen LogP contribution >= 0.6 is 11.3 Å². The molecule has 6 nitrogen and oxygen atoms in total. The highest BCUT2D eigenvalue weighted by Gasteiger charge is 2.49. The molecule has 10 heteroatoms. The first-order valence-electron chi connectivity index (χ1n) is 10.2. The molecule has 3 aromatic heterocycles. The number of hydrogen-bond donors (Lipinski definition) is 0. The monoisotopic (exact) mass is 460 g/mol. The van der Waals surface area contributed by atoms with Crippen molar-refractivity contribution in [3.05, 3.63) is 58.9 Å². The Bertz CT molecular complexity index is 1140. The highest BCUT2D eigenvalue weighted by molar-refractivity contribution is 7.13. The maximum Gasteiger partial charge on any atom is 0.417 e. The van der Waals surface area contributed by atoms with E-state index in [1.807, 2.05) is 12.3 Å². The van der Waals surface area contributed by atoms with Crippen molar-refractivity contribution in [1.82, 2.24) is 19.9 Å². The van der Waals surface area contributed by atoms with Gasteiger partial charge in [-0.15, -0.1) is 11.3 Å². The number of piperidine rings is 1. The van der Waals surface area contributed by atoms with Crippen LogP contribution in [0.15, 0.2) is 42.0 Å². The quantitative estimate of drug-likeness (QED) is 0.569. The molecule has 1 amide bonds. The predicted octanol–water partition coefficient (Wildman–Crippen LogP) is 4.61. The molecule has 0 aromatic carbocycles.